The van der Waals surface area contributed by atoms with Crippen molar-refractivity contribution < 1.29 is 53.2 Å². The van der Waals surface area contributed by atoms with Gasteiger partial charge in [0.05, 0.1) is 39.7 Å². The molecule has 2 aromatic carbocycles. The van der Waals surface area contributed by atoms with Crippen molar-refractivity contribution in [2.45, 2.75) is 112 Å². The van der Waals surface area contributed by atoms with Gasteiger partial charge in [0.2, 0.25) is 0 Å². The Labute approximate surface area is 413 Å². The van der Waals surface area contributed by atoms with Crippen molar-refractivity contribution in [3.8, 4) is 17.2 Å². The molecule has 20 heteroatoms. The van der Waals surface area contributed by atoms with Crippen molar-refractivity contribution >= 4 is 45.1 Å². The number of Topliss-reactive ketones (excluding diaryl/α,β-unsaturated/α-hetero) is 1. The largest absolute Gasteiger partial charge is 0.507 e. The first-order valence-corrected chi connectivity index (χ1v) is 25.4. The van der Waals surface area contributed by atoms with Gasteiger partial charge in [0.1, 0.15) is 35.2 Å². The summed E-state index contributed by atoms with van der Waals surface area (Å²) in [6.07, 6.45) is 11.4. The number of likely N-dealkylation sites (tertiary alicyclic amines) is 1. The predicted molar refractivity (Wildman–Crippen MR) is 268 cm³/mol. The number of hydrogen-bond donors (Lipinski definition) is 8. The van der Waals surface area contributed by atoms with Crippen LogP contribution in [-0.2, 0) is 30.0 Å². The van der Waals surface area contributed by atoms with Crippen LogP contribution in [0.2, 0.25) is 0 Å². The van der Waals surface area contributed by atoms with Gasteiger partial charge in [-0.2, -0.15) is 0 Å². The number of hydrazine groups is 1. The highest BCUT2D eigenvalue weighted by Gasteiger charge is 2.50. The standard InChI is InChI=1S/C49H70N8O10S.CH4O/c1-26(2)23-56-18-16-49(17-19-56)54-38-35-36-42(60)32(8)45-37(35)46(62)48(9,67-45)65-20-12-15-28(4)44(66-34(58)25-57(51)24-33(50)22-52-68(10)64)31(7)41(59)30(6)21-27(3)13-11-14-29(5)47(63)53-40(43(36)61)39(38)55-49;1-2/h11-14,20,24,26-28,30-31,41,44,52,59-61H,15-19,21-23,25,50-51H2,1-10H3,(H,53,63);2H,1H3/b13-11+,20-12+,29-14-,33-24-;/t27?,28-,30-,31-,41?,44?,48?,68?;/m1./s1. The number of carbonyl (C=O) groups is 3. The SMILES string of the molecule is C/C1=C/C=C/C(C)C[C@@H](C)C(O)[C@@H](C)C(OC(=O)CN(N)/C=C(\N)CNS(C)=O)[C@H](C)C/C=C/OC2(C)Oc3c(C)c(O)c4c(O)c(c5c(c4c3C2=O)=NC2(CCN(CC(C)C)CC2)N=5)NC1=O.CO. The van der Waals surface area contributed by atoms with Crippen molar-refractivity contribution in [1.82, 2.24) is 14.6 Å². The highest BCUT2D eigenvalue weighted by atomic mass is 32.2. The van der Waals surface area contributed by atoms with Crippen LogP contribution in [0.15, 0.2) is 58.0 Å². The Bertz CT molecular complexity index is 2570. The average Bonchev–Trinajstić information content (AvgIpc) is 3.80. The molecular weight excluding hydrogens is 921 g/mol. The number of piperidine rings is 1. The minimum Gasteiger partial charge on any atom is -0.507 e. The first-order chi connectivity index (χ1) is 33.0. The molecule has 5 heterocycles. The maximum absolute atomic E-state index is 14.8. The number of carbonyl (C=O) groups excluding carboxylic acids is 3. The predicted octanol–water partition coefficient (Wildman–Crippen LogP) is 3.60. The lowest BCUT2D eigenvalue weighted by Crippen LogP contribution is -2.43. The summed E-state index contributed by atoms with van der Waals surface area (Å²) in [4.78, 5) is 54.9. The summed E-state index contributed by atoms with van der Waals surface area (Å²) in [5.74, 6) is 0.810. The van der Waals surface area contributed by atoms with E-state index in [0.29, 0.717) is 43.8 Å². The highest BCUT2D eigenvalue weighted by Crippen LogP contribution is 2.50. The van der Waals surface area contributed by atoms with Gasteiger partial charge < -0.3 is 55.6 Å². The molecule has 8 atom stereocenters. The van der Waals surface area contributed by atoms with Crippen molar-refractivity contribution in [3.05, 3.63) is 69.9 Å². The summed E-state index contributed by atoms with van der Waals surface area (Å²) >= 11 is 0. The van der Waals surface area contributed by atoms with E-state index in [0.717, 1.165) is 18.7 Å². The summed E-state index contributed by atoms with van der Waals surface area (Å²) in [5.41, 5.74) is 5.78. The first kappa shape index (κ1) is 55.5. The summed E-state index contributed by atoms with van der Waals surface area (Å²) in [7, 11) is -0.306. The number of hydrogen-bond acceptors (Lipinski definition) is 17. The molecule has 386 valence electrons. The highest BCUT2D eigenvalue weighted by molar-refractivity contribution is 7.82. The molecule has 1 spiro atoms. The van der Waals surface area contributed by atoms with Crippen LogP contribution in [0.4, 0.5) is 5.69 Å². The molecule has 0 aromatic heterocycles. The molecule has 5 bridgehead atoms. The van der Waals surface area contributed by atoms with Gasteiger partial charge in [0.15, 0.2) is 11.4 Å². The number of phenols is 2. The van der Waals surface area contributed by atoms with Crippen LogP contribution in [0, 0.1) is 36.5 Å². The number of aliphatic hydroxyl groups excluding tert-OH is 2. The molecule has 1 amide bonds. The maximum Gasteiger partial charge on any atom is 0.327 e. The number of rotatable bonds is 9. The number of aromatic hydroxyl groups is 2. The number of anilines is 1. The number of phenolic OH excluding ortho intramolecular Hbond substituents is 2. The van der Waals surface area contributed by atoms with Gasteiger partial charge in [-0.15, -0.1) is 0 Å². The van der Waals surface area contributed by atoms with Crippen molar-refractivity contribution in [2.75, 3.05) is 51.4 Å². The van der Waals surface area contributed by atoms with E-state index in [-0.39, 0.29) is 86.8 Å². The van der Waals surface area contributed by atoms with Gasteiger partial charge in [-0.25, -0.2) is 14.8 Å². The molecule has 2 aromatic rings. The molecule has 5 unspecified atom stereocenters. The summed E-state index contributed by atoms with van der Waals surface area (Å²) in [5, 5.41) is 47.2. The number of ether oxygens (including phenoxy) is 3. The molecule has 5 aliphatic heterocycles. The number of allylic oxidation sites excluding steroid dienone is 4. The lowest BCUT2D eigenvalue weighted by atomic mass is 9.80. The van der Waals surface area contributed by atoms with Crippen LogP contribution in [0.25, 0.3) is 10.8 Å². The molecule has 5 aliphatic rings. The number of nitrogens with two attached hydrogens (primary N) is 2. The lowest BCUT2D eigenvalue weighted by Gasteiger charge is -2.36. The van der Waals surface area contributed by atoms with E-state index in [4.69, 9.17) is 40.9 Å². The second-order valence-corrected chi connectivity index (χ2v) is 20.9. The van der Waals surface area contributed by atoms with Gasteiger partial charge >= 0.3 is 11.8 Å². The van der Waals surface area contributed by atoms with Crippen molar-refractivity contribution in [2.24, 2.45) is 51.2 Å². The van der Waals surface area contributed by atoms with Crippen LogP contribution in [0.3, 0.4) is 0 Å². The Morgan fingerprint density at radius 2 is 1.74 bits per heavy atom. The Balaban J connectivity index is 0.00000450. The topological polar surface area (TPSA) is 284 Å². The zero-order valence-corrected chi connectivity index (χ0v) is 43.2. The number of amides is 1. The lowest BCUT2D eigenvalue weighted by molar-refractivity contribution is -0.159. The van der Waals surface area contributed by atoms with E-state index < -0.39 is 69.9 Å². The second-order valence-electron chi connectivity index (χ2n) is 19.7. The molecule has 1 saturated heterocycles. The Morgan fingerprint density at radius 3 is 2.39 bits per heavy atom. The van der Waals surface area contributed by atoms with Crippen LogP contribution in [0.5, 0.6) is 17.2 Å². The third kappa shape index (κ3) is 12.4. The van der Waals surface area contributed by atoms with E-state index in [2.05, 4.69) is 28.8 Å². The first-order valence-electron chi connectivity index (χ1n) is 23.8. The molecule has 1 fully saturated rings. The van der Waals surface area contributed by atoms with Crippen molar-refractivity contribution in [1.29, 1.82) is 0 Å². The van der Waals surface area contributed by atoms with Gasteiger partial charge in [-0.05, 0) is 56.4 Å². The normalized spacial score (nSPS) is 28.3. The van der Waals surface area contributed by atoms with E-state index in [1.807, 2.05) is 33.8 Å². The molecule has 0 aliphatic carbocycles. The molecule has 19 nitrogen and oxygen atoms in total. The van der Waals surface area contributed by atoms with E-state index in [9.17, 15) is 33.9 Å². The summed E-state index contributed by atoms with van der Waals surface area (Å²) in [6.45, 7) is 18.6. The minimum absolute atomic E-state index is 0.0261. The summed E-state index contributed by atoms with van der Waals surface area (Å²) in [6, 6.07) is 0. The third-order valence-electron chi connectivity index (χ3n) is 13.3. The molecule has 7 rings (SSSR count). The number of ketones is 1. The number of fused-ring (bicyclic) bond motifs is 13. The van der Waals surface area contributed by atoms with Crippen LogP contribution in [-0.4, -0.2) is 122 Å². The molecule has 0 radical (unpaired) electrons. The Hall–Kier alpha value is -5.38. The smallest absolute Gasteiger partial charge is 0.327 e. The van der Waals surface area contributed by atoms with Gasteiger partial charge in [-0.3, -0.25) is 24.4 Å². The van der Waals surface area contributed by atoms with Crippen LogP contribution < -0.4 is 37.1 Å². The number of esters is 1. The second kappa shape index (κ2) is 23.2. The number of benzene rings is 2. The number of nitrogens with zero attached hydrogens (tertiary/aromatic N) is 4. The molecule has 0 saturated carbocycles. The van der Waals surface area contributed by atoms with Crippen LogP contribution in [0.1, 0.15) is 97.0 Å². The van der Waals surface area contributed by atoms with Gasteiger partial charge in [-0.1, -0.05) is 59.8 Å². The zero-order chi connectivity index (χ0) is 52.0. The molecular formula is C50H74N8O11S. The summed E-state index contributed by atoms with van der Waals surface area (Å²) < 4.78 is 32.6. The Morgan fingerprint density at radius 1 is 1.09 bits per heavy atom. The third-order valence-corrected chi connectivity index (χ3v) is 13.9. The van der Waals surface area contributed by atoms with E-state index >= 15 is 0 Å². The molecule has 10 N–H and O–H groups in total. The maximum atomic E-state index is 14.8. The van der Waals surface area contributed by atoms with E-state index in [1.165, 1.54) is 25.6 Å². The van der Waals surface area contributed by atoms with Crippen molar-refractivity contribution in [3.63, 3.8) is 0 Å². The zero-order valence-electron chi connectivity index (χ0n) is 42.4. The number of aliphatic hydroxyl groups is 2. The van der Waals surface area contributed by atoms with Crippen LogP contribution >= 0.6 is 0 Å². The minimum atomic E-state index is -1.93. The monoisotopic (exact) mass is 995 g/mol. The van der Waals surface area contributed by atoms with Gasteiger partial charge in [0.25, 0.3) is 11.7 Å². The Kier molecular flexibility index (Phi) is 18.4. The fraction of sp³-hybridized carbons (Fsp3) is 0.580. The molecule has 70 heavy (non-hydrogen) atoms. The fourth-order valence-corrected chi connectivity index (χ4v) is 10.00. The fourth-order valence-electron chi connectivity index (χ4n) is 9.63. The number of nitrogens with one attached hydrogen (secondary N) is 2. The quantitative estimate of drug-likeness (QED) is 0.0771. The average molecular weight is 995 g/mol. The van der Waals surface area contributed by atoms with Gasteiger partial charge in [0, 0.05) is 93.6 Å². The van der Waals surface area contributed by atoms with E-state index in [1.54, 1.807) is 32.1 Å².